The second-order valence-electron chi connectivity index (χ2n) is 4.08. The Morgan fingerprint density at radius 2 is 2.21 bits per heavy atom. The lowest BCUT2D eigenvalue weighted by atomic mass is 10.3. The number of rotatable bonds is 7. The van der Waals surface area contributed by atoms with Gasteiger partial charge in [0.2, 0.25) is 0 Å². The third kappa shape index (κ3) is 3.87. The van der Waals surface area contributed by atoms with E-state index in [9.17, 15) is 4.79 Å². The van der Waals surface area contributed by atoms with Gasteiger partial charge in [0.1, 0.15) is 12.2 Å². The average Bonchev–Trinajstić information content (AvgIpc) is 2.98. The zero-order valence-corrected chi connectivity index (χ0v) is 11.5. The summed E-state index contributed by atoms with van der Waals surface area (Å²) in [4.78, 5) is 12.6. The molecule has 0 saturated carbocycles. The summed E-state index contributed by atoms with van der Waals surface area (Å²) in [6.45, 7) is 4.26. The summed E-state index contributed by atoms with van der Waals surface area (Å²) in [5, 5.41) is 19.9. The third-order valence-electron chi connectivity index (χ3n) is 2.66. The second kappa shape index (κ2) is 6.44. The van der Waals surface area contributed by atoms with Crippen molar-refractivity contribution in [1.82, 2.24) is 20.1 Å². The minimum atomic E-state index is -0.794. The number of nitrogens with one attached hydrogen (secondary N) is 1. The van der Waals surface area contributed by atoms with Crippen molar-refractivity contribution < 1.29 is 9.90 Å². The number of carbonyl (C=O) groups is 1. The predicted octanol–water partition coefficient (Wildman–Crippen LogP) is 1.28. The number of hydrogen-bond acceptors (Lipinski definition) is 5. The van der Waals surface area contributed by atoms with Crippen LogP contribution >= 0.6 is 11.3 Å². The van der Waals surface area contributed by atoms with Crippen LogP contribution in [0.15, 0.2) is 18.5 Å². The number of aromatic nitrogens is 3. The van der Waals surface area contributed by atoms with Gasteiger partial charge in [-0.3, -0.25) is 4.79 Å². The highest BCUT2D eigenvalue weighted by Gasteiger charge is 2.05. The van der Waals surface area contributed by atoms with Crippen molar-refractivity contribution in [2.75, 3.05) is 0 Å². The van der Waals surface area contributed by atoms with Crippen molar-refractivity contribution in [1.29, 1.82) is 0 Å². The Hall–Kier alpha value is -1.73. The molecule has 0 aliphatic carbocycles. The van der Waals surface area contributed by atoms with Crippen LogP contribution in [0.25, 0.3) is 0 Å². The smallest absolute Gasteiger partial charge is 0.308 e. The average molecular weight is 280 g/mol. The summed E-state index contributed by atoms with van der Waals surface area (Å²) < 4.78 is 1.98. The molecule has 0 bridgehead atoms. The Bertz CT molecular complexity index is 549. The van der Waals surface area contributed by atoms with Gasteiger partial charge in [-0.05, 0) is 19.1 Å². The minimum Gasteiger partial charge on any atom is -0.481 e. The van der Waals surface area contributed by atoms with Crippen molar-refractivity contribution in [3.05, 3.63) is 34.0 Å². The largest absolute Gasteiger partial charge is 0.481 e. The lowest BCUT2D eigenvalue weighted by molar-refractivity contribution is -0.136. The van der Waals surface area contributed by atoms with Gasteiger partial charge in [0.05, 0.1) is 13.0 Å². The highest BCUT2D eigenvalue weighted by Crippen LogP contribution is 2.16. The zero-order valence-electron chi connectivity index (χ0n) is 10.7. The van der Waals surface area contributed by atoms with Crippen molar-refractivity contribution in [3.8, 4) is 0 Å². The summed E-state index contributed by atoms with van der Waals surface area (Å²) >= 11 is 1.52. The van der Waals surface area contributed by atoms with Gasteiger partial charge in [0.25, 0.3) is 0 Å². The van der Waals surface area contributed by atoms with Crippen molar-refractivity contribution >= 4 is 17.3 Å². The lowest BCUT2D eigenvalue weighted by Gasteiger charge is -2.04. The first-order valence-corrected chi connectivity index (χ1v) is 6.87. The number of carboxylic acid groups (broad SMARTS) is 1. The van der Waals surface area contributed by atoms with E-state index in [2.05, 4.69) is 15.5 Å². The molecule has 0 aliphatic rings. The maximum atomic E-state index is 10.6. The molecule has 2 N–H and O–H groups in total. The molecule has 0 amide bonds. The van der Waals surface area contributed by atoms with E-state index in [1.54, 1.807) is 6.33 Å². The molecule has 2 aromatic heterocycles. The Morgan fingerprint density at radius 3 is 2.95 bits per heavy atom. The number of aryl methyl sites for hydroxylation is 1. The van der Waals surface area contributed by atoms with Gasteiger partial charge in [-0.1, -0.05) is 0 Å². The molecule has 0 radical (unpaired) electrons. The van der Waals surface area contributed by atoms with Crippen LogP contribution in [0, 0.1) is 0 Å². The molecule has 0 fully saturated rings. The van der Waals surface area contributed by atoms with Crippen LogP contribution in [0.5, 0.6) is 0 Å². The van der Waals surface area contributed by atoms with Crippen LogP contribution in [0.3, 0.4) is 0 Å². The lowest BCUT2D eigenvalue weighted by Crippen LogP contribution is -2.15. The van der Waals surface area contributed by atoms with Crippen molar-refractivity contribution in [2.45, 2.75) is 33.0 Å². The first-order valence-electron chi connectivity index (χ1n) is 6.05. The molecular formula is C12H16N4O2S. The Balaban J connectivity index is 1.82. The maximum Gasteiger partial charge on any atom is 0.308 e. The second-order valence-corrected chi connectivity index (χ2v) is 5.33. The number of thiophene rings is 1. The molecule has 102 valence electrons. The van der Waals surface area contributed by atoms with Crippen molar-refractivity contribution in [3.63, 3.8) is 0 Å². The quantitative estimate of drug-likeness (QED) is 0.798. The van der Waals surface area contributed by atoms with Gasteiger partial charge in [0, 0.05) is 22.8 Å². The summed E-state index contributed by atoms with van der Waals surface area (Å²) in [5.41, 5.74) is 0. The van der Waals surface area contributed by atoms with Gasteiger partial charge in [0.15, 0.2) is 0 Å². The van der Waals surface area contributed by atoms with Crippen LogP contribution < -0.4 is 5.32 Å². The molecule has 0 atom stereocenters. The summed E-state index contributed by atoms with van der Waals surface area (Å²) in [6.07, 6.45) is 1.81. The molecule has 0 aromatic carbocycles. The molecule has 19 heavy (non-hydrogen) atoms. The number of carboxylic acids is 1. The molecule has 2 heterocycles. The minimum absolute atomic E-state index is 0.0921. The number of aliphatic carboxylic acids is 1. The summed E-state index contributed by atoms with van der Waals surface area (Å²) in [5.74, 6) is 0.113. The molecule has 0 spiro atoms. The van der Waals surface area contributed by atoms with Gasteiger partial charge < -0.3 is 15.0 Å². The maximum absolute atomic E-state index is 10.6. The molecular weight excluding hydrogens is 264 g/mol. The highest BCUT2D eigenvalue weighted by molar-refractivity contribution is 7.12. The first-order chi connectivity index (χ1) is 9.19. The molecule has 0 aliphatic heterocycles. The number of hydrogen-bond donors (Lipinski definition) is 2. The van der Waals surface area contributed by atoms with E-state index in [1.165, 1.54) is 11.3 Å². The van der Waals surface area contributed by atoms with Crippen LogP contribution in [0.4, 0.5) is 0 Å². The van der Waals surface area contributed by atoms with Gasteiger partial charge in [-0.25, -0.2) is 0 Å². The Labute approximate surface area is 115 Å². The van der Waals surface area contributed by atoms with E-state index in [0.717, 1.165) is 22.1 Å². The van der Waals surface area contributed by atoms with E-state index in [0.29, 0.717) is 13.1 Å². The van der Waals surface area contributed by atoms with Crippen molar-refractivity contribution in [2.24, 2.45) is 0 Å². The van der Waals surface area contributed by atoms with Crippen LogP contribution in [0.1, 0.15) is 22.5 Å². The molecule has 0 unspecified atom stereocenters. The van der Waals surface area contributed by atoms with Gasteiger partial charge in [-0.2, -0.15) is 0 Å². The summed E-state index contributed by atoms with van der Waals surface area (Å²) in [6, 6.07) is 3.82. The van der Waals surface area contributed by atoms with E-state index in [1.807, 2.05) is 23.6 Å². The third-order valence-corrected chi connectivity index (χ3v) is 3.75. The molecule has 2 rings (SSSR count). The van der Waals surface area contributed by atoms with Gasteiger partial charge >= 0.3 is 5.97 Å². The first kappa shape index (κ1) is 13.7. The fraction of sp³-hybridized carbons (Fsp3) is 0.417. The molecule has 7 heteroatoms. The van der Waals surface area contributed by atoms with E-state index < -0.39 is 5.97 Å². The predicted molar refractivity (Wildman–Crippen MR) is 71.9 cm³/mol. The molecule has 0 saturated heterocycles. The van der Waals surface area contributed by atoms with Crippen LogP contribution in [0.2, 0.25) is 0 Å². The monoisotopic (exact) mass is 280 g/mol. The fourth-order valence-electron chi connectivity index (χ4n) is 1.74. The highest BCUT2D eigenvalue weighted by atomic mass is 32.1. The van der Waals surface area contributed by atoms with Crippen LogP contribution in [-0.4, -0.2) is 25.8 Å². The molecule has 2 aromatic rings. The Kier molecular flexibility index (Phi) is 4.64. The van der Waals surface area contributed by atoms with E-state index >= 15 is 0 Å². The van der Waals surface area contributed by atoms with E-state index in [4.69, 9.17) is 5.11 Å². The molecule has 6 nitrogen and oxygen atoms in total. The van der Waals surface area contributed by atoms with E-state index in [-0.39, 0.29) is 6.42 Å². The number of nitrogens with zero attached hydrogens (tertiary/aromatic N) is 3. The standard InChI is InChI=1S/C12H16N4O2S/c1-2-16-8-14-15-11(16)7-13-6-10-4-3-9(19-10)5-12(17)18/h3-4,8,13H,2,5-7H2,1H3,(H,17,18). The Morgan fingerprint density at radius 1 is 1.42 bits per heavy atom. The topological polar surface area (TPSA) is 80.0 Å². The fourth-order valence-corrected chi connectivity index (χ4v) is 2.72. The van der Waals surface area contributed by atoms with Crippen LogP contribution in [-0.2, 0) is 30.8 Å². The SMILES string of the molecule is CCn1cnnc1CNCc1ccc(CC(=O)O)s1. The van der Waals surface area contributed by atoms with Gasteiger partial charge in [-0.15, -0.1) is 21.5 Å². The zero-order chi connectivity index (χ0) is 13.7. The normalized spacial score (nSPS) is 10.8. The summed E-state index contributed by atoms with van der Waals surface area (Å²) in [7, 11) is 0.